The highest BCUT2D eigenvalue weighted by Gasteiger charge is 2.56. The Morgan fingerprint density at radius 2 is 1.90 bits per heavy atom. The number of carbonyl (C=O) groups is 2. The van der Waals surface area contributed by atoms with Gasteiger partial charge in [0.25, 0.3) is 0 Å². The minimum Gasteiger partial charge on any atom is -0.465 e. The van der Waals surface area contributed by atoms with Gasteiger partial charge in [-0.15, -0.1) is 0 Å². The zero-order valence-corrected chi connectivity index (χ0v) is 15.2. The second-order valence-corrected chi connectivity index (χ2v) is 7.29. The van der Waals surface area contributed by atoms with Crippen molar-refractivity contribution in [2.45, 2.75) is 37.0 Å². The van der Waals surface area contributed by atoms with E-state index in [9.17, 15) is 27.9 Å². The lowest BCUT2D eigenvalue weighted by atomic mass is 9.95. The van der Waals surface area contributed by atoms with Crippen molar-refractivity contribution < 1.29 is 27.9 Å². The third-order valence-corrected chi connectivity index (χ3v) is 5.73. The molecule has 2 atom stereocenters. The van der Waals surface area contributed by atoms with E-state index < -0.39 is 29.4 Å². The van der Waals surface area contributed by atoms with Crippen molar-refractivity contribution in [2.24, 2.45) is 0 Å². The van der Waals surface area contributed by atoms with Crippen LogP contribution >= 0.6 is 0 Å². The van der Waals surface area contributed by atoms with E-state index in [-0.39, 0.29) is 5.91 Å². The van der Waals surface area contributed by atoms with Gasteiger partial charge in [0.15, 0.2) is 0 Å². The van der Waals surface area contributed by atoms with Crippen LogP contribution in [0.1, 0.15) is 36.6 Å². The number of benzene rings is 1. The summed E-state index contributed by atoms with van der Waals surface area (Å²) in [6.45, 7) is 0.425. The molecular weight excluding hydrogens is 387 g/mol. The average molecular weight is 405 g/mol. The van der Waals surface area contributed by atoms with Crippen molar-refractivity contribution in [2.75, 3.05) is 6.54 Å². The molecule has 2 N–H and O–H groups in total. The number of nitrogens with zero attached hydrogens (tertiary/aromatic N) is 2. The molecule has 2 saturated heterocycles. The number of halogens is 3. The normalized spacial score (nSPS) is 24.2. The highest BCUT2D eigenvalue weighted by molar-refractivity contribution is 5.92. The molecule has 0 unspecified atom stereocenters. The molecule has 4 rings (SSSR count). The molecule has 29 heavy (non-hydrogen) atoms. The van der Waals surface area contributed by atoms with Crippen molar-refractivity contribution in [3.8, 4) is 11.1 Å². The van der Waals surface area contributed by atoms with Gasteiger partial charge >= 0.3 is 12.3 Å². The second kappa shape index (κ2) is 6.75. The minimum atomic E-state index is -4.41. The Morgan fingerprint density at radius 3 is 2.48 bits per heavy atom. The molecule has 1 spiro atoms. The molecule has 0 radical (unpaired) electrons. The van der Waals surface area contributed by atoms with Crippen molar-refractivity contribution in [3.05, 3.63) is 53.9 Å². The molecule has 2 aromatic rings. The van der Waals surface area contributed by atoms with Gasteiger partial charge in [0, 0.05) is 12.7 Å². The highest BCUT2D eigenvalue weighted by atomic mass is 19.4. The fraction of sp³-hybridized carbons (Fsp3) is 0.350. The smallest absolute Gasteiger partial charge is 0.416 e. The number of carboxylic acid groups (broad SMARTS) is 1. The summed E-state index contributed by atoms with van der Waals surface area (Å²) in [6.07, 6.45) is -2.84. The molecule has 0 saturated carbocycles. The van der Waals surface area contributed by atoms with Gasteiger partial charge in [0.2, 0.25) is 5.91 Å². The Hall–Kier alpha value is -3.10. The molecule has 152 valence electrons. The fourth-order valence-corrected chi connectivity index (χ4v) is 4.31. The average Bonchev–Trinajstić information content (AvgIpc) is 3.25. The Balaban J connectivity index is 1.67. The van der Waals surface area contributed by atoms with Gasteiger partial charge in [0.05, 0.1) is 17.3 Å². The van der Waals surface area contributed by atoms with Crippen molar-refractivity contribution in [1.82, 2.24) is 15.2 Å². The second-order valence-electron chi connectivity index (χ2n) is 7.29. The fourth-order valence-electron chi connectivity index (χ4n) is 4.31. The summed E-state index contributed by atoms with van der Waals surface area (Å²) in [4.78, 5) is 29.8. The number of nitrogens with one attached hydrogen (secondary N) is 1. The number of hydrogen-bond donors (Lipinski definition) is 2. The van der Waals surface area contributed by atoms with Crippen LogP contribution in [0.5, 0.6) is 0 Å². The van der Waals surface area contributed by atoms with Crippen LogP contribution in [0, 0.1) is 0 Å². The largest absolute Gasteiger partial charge is 0.465 e. The van der Waals surface area contributed by atoms with Gasteiger partial charge in [-0.2, -0.15) is 13.2 Å². The summed E-state index contributed by atoms with van der Waals surface area (Å²) in [5.74, 6) is -0.290. The van der Waals surface area contributed by atoms with E-state index in [1.54, 1.807) is 12.1 Å². The Morgan fingerprint density at radius 1 is 1.17 bits per heavy atom. The van der Waals surface area contributed by atoms with E-state index in [1.807, 2.05) is 0 Å². The van der Waals surface area contributed by atoms with Gasteiger partial charge in [-0.25, -0.2) is 4.79 Å². The van der Waals surface area contributed by atoms with Gasteiger partial charge in [0.1, 0.15) is 5.54 Å². The molecule has 2 aliphatic heterocycles. The first kappa shape index (κ1) is 19.2. The molecule has 1 aromatic heterocycles. The number of likely N-dealkylation sites (tertiary alicyclic amines) is 1. The van der Waals surface area contributed by atoms with Crippen LogP contribution in [0.2, 0.25) is 0 Å². The molecule has 2 aliphatic rings. The van der Waals surface area contributed by atoms with Crippen LogP contribution in [0.3, 0.4) is 0 Å². The molecule has 2 amide bonds. The van der Waals surface area contributed by atoms with Crippen LogP contribution < -0.4 is 5.32 Å². The maximum absolute atomic E-state index is 12.8. The zero-order valence-electron chi connectivity index (χ0n) is 15.2. The predicted molar refractivity (Wildman–Crippen MR) is 96.9 cm³/mol. The quantitative estimate of drug-likeness (QED) is 0.795. The first-order valence-corrected chi connectivity index (χ1v) is 9.16. The van der Waals surface area contributed by atoms with Gasteiger partial charge in [-0.3, -0.25) is 14.7 Å². The molecule has 3 heterocycles. The Kier molecular flexibility index (Phi) is 4.48. The summed E-state index contributed by atoms with van der Waals surface area (Å²) < 4.78 is 38.3. The van der Waals surface area contributed by atoms with Crippen molar-refractivity contribution in [1.29, 1.82) is 0 Å². The number of carbonyl (C=O) groups excluding carboxylic acids is 1. The highest BCUT2D eigenvalue weighted by Crippen LogP contribution is 2.46. The predicted octanol–water partition coefficient (Wildman–Crippen LogP) is 3.84. The van der Waals surface area contributed by atoms with Gasteiger partial charge < -0.3 is 10.4 Å². The van der Waals surface area contributed by atoms with E-state index in [1.165, 1.54) is 23.2 Å². The molecule has 6 nitrogen and oxygen atoms in total. The van der Waals surface area contributed by atoms with Crippen molar-refractivity contribution >= 4 is 12.0 Å². The number of alkyl halides is 3. The van der Waals surface area contributed by atoms with Gasteiger partial charge in [-0.1, -0.05) is 12.1 Å². The van der Waals surface area contributed by atoms with E-state index in [0.717, 1.165) is 12.1 Å². The summed E-state index contributed by atoms with van der Waals surface area (Å²) in [5, 5.41) is 12.5. The number of pyridine rings is 1. The van der Waals surface area contributed by atoms with Crippen LogP contribution in [0.15, 0.2) is 42.6 Å². The lowest BCUT2D eigenvalue weighted by Gasteiger charge is -2.33. The number of rotatable bonds is 2. The van der Waals surface area contributed by atoms with E-state index in [2.05, 4.69) is 10.3 Å². The van der Waals surface area contributed by atoms with E-state index in [0.29, 0.717) is 42.6 Å². The first-order chi connectivity index (χ1) is 13.7. The lowest BCUT2D eigenvalue weighted by molar-refractivity contribution is -0.137. The molecule has 2 fully saturated rings. The molecular formula is C20H18F3N3O3. The van der Waals surface area contributed by atoms with Gasteiger partial charge in [-0.05, 0) is 54.7 Å². The molecule has 9 heteroatoms. The van der Waals surface area contributed by atoms with Crippen molar-refractivity contribution in [3.63, 3.8) is 0 Å². The van der Waals surface area contributed by atoms with Crippen LogP contribution in [-0.2, 0) is 11.0 Å². The number of aromatic nitrogens is 1. The summed E-state index contributed by atoms with van der Waals surface area (Å²) in [5.41, 5.74) is -0.151. The van der Waals surface area contributed by atoms with Crippen LogP contribution in [0.25, 0.3) is 11.1 Å². The summed E-state index contributed by atoms with van der Waals surface area (Å²) >= 11 is 0. The third kappa shape index (κ3) is 3.20. The zero-order chi connectivity index (χ0) is 20.8. The Bertz CT molecular complexity index is 961. The number of hydrogen-bond acceptors (Lipinski definition) is 3. The van der Waals surface area contributed by atoms with E-state index >= 15 is 0 Å². The SMILES string of the molecule is O=C(O)N1[C@@H](c2cc(-c3ccc(C(F)(F)F)cc3)ccn2)CC[C@@]12CCNC2=O. The molecule has 0 aliphatic carbocycles. The topological polar surface area (TPSA) is 82.5 Å². The maximum Gasteiger partial charge on any atom is 0.416 e. The Labute approximate surface area is 164 Å². The maximum atomic E-state index is 12.8. The van der Waals surface area contributed by atoms with E-state index in [4.69, 9.17) is 0 Å². The van der Waals surface area contributed by atoms with Crippen LogP contribution in [-0.4, -0.2) is 39.1 Å². The molecule has 0 bridgehead atoms. The third-order valence-electron chi connectivity index (χ3n) is 5.73. The summed E-state index contributed by atoms with van der Waals surface area (Å²) in [6, 6.07) is 7.50. The monoisotopic (exact) mass is 405 g/mol. The first-order valence-electron chi connectivity index (χ1n) is 9.16. The molecule has 1 aromatic carbocycles. The van der Waals surface area contributed by atoms with Crippen LogP contribution in [0.4, 0.5) is 18.0 Å². The minimum absolute atomic E-state index is 0.290. The summed E-state index contributed by atoms with van der Waals surface area (Å²) in [7, 11) is 0. The number of amides is 2. The standard InChI is InChI=1S/C20H18F3N3O3/c21-20(22,23)14-3-1-12(2-4-14)13-6-9-24-15(11-13)16-5-7-19(26(16)18(28)29)8-10-25-17(19)27/h1-4,6,9,11,16H,5,7-8,10H2,(H,25,27)(H,28,29)/t16-,19+/m1/s1. The lowest BCUT2D eigenvalue weighted by Crippen LogP contribution is -2.52.